The number of nitrogens with zero attached hydrogens (tertiary/aromatic N) is 5. The van der Waals surface area contributed by atoms with E-state index in [0.717, 1.165) is 29.1 Å². The Hall–Kier alpha value is -3.81. The summed E-state index contributed by atoms with van der Waals surface area (Å²) in [5, 5.41) is 0. The second kappa shape index (κ2) is 7.95. The summed E-state index contributed by atoms with van der Waals surface area (Å²) in [5.74, 6) is 1.64. The van der Waals surface area contributed by atoms with Gasteiger partial charge in [0.05, 0.1) is 19.3 Å². The summed E-state index contributed by atoms with van der Waals surface area (Å²) in [5.41, 5.74) is 3.07. The molecular formula is C25H27N5O3. The van der Waals surface area contributed by atoms with E-state index in [2.05, 4.69) is 11.8 Å². The highest BCUT2D eigenvalue weighted by Gasteiger charge is 2.31. The van der Waals surface area contributed by atoms with E-state index < -0.39 is 0 Å². The van der Waals surface area contributed by atoms with E-state index in [1.54, 1.807) is 14.2 Å². The van der Waals surface area contributed by atoms with Crippen LogP contribution in [0.25, 0.3) is 11.2 Å². The minimum absolute atomic E-state index is 0.216. The number of hydrogen-bond acceptors (Lipinski definition) is 5. The van der Waals surface area contributed by atoms with Crippen LogP contribution in [0.15, 0.2) is 58.1 Å². The largest absolute Gasteiger partial charge is 0.495 e. The number of rotatable bonds is 4. The summed E-state index contributed by atoms with van der Waals surface area (Å²) in [6.07, 6.45) is 0. The first-order valence-corrected chi connectivity index (χ1v) is 11.0. The number of methoxy groups -OCH3 is 1. The van der Waals surface area contributed by atoms with E-state index in [4.69, 9.17) is 9.72 Å². The SMILES string of the molecule is COc1ccccc1N1C[C@H](C)Cn2c1nc1c2c(=O)n(Cc2ccc(C)cc2)c(=O)n1C. The molecule has 5 rings (SSSR count). The molecule has 8 heteroatoms. The van der Waals surface area contributed by atoms with E-state index in [0.29, 0.717) is 23.7 Å². The minimum atomic E-state index is -0.375. The molecule has 0 amide bonds. The van der Waals surface area contributed by atoms with Crippen molar-refractivity contribution >= 4 is 22.8 Å². The van der Waals surface area contributed by atoms with Crippen molar-refractivity contribution < 1.29 is 4.74 Å². The normalized spacial score (nSPS) is 15.6. The fraction of sp³-hybridized carbons (Fsp3) is 0.320. The van der Waals surface area contributed by atoms with Gasteiger partial charge >= 0.3 is 5.69 Å². The average molecular weight is 446 g/mol. The van der Waals surface area contributed by atoms with Crippen molar-refractivity contribution in [2.75, 3.05) is 18.6 Å². The highest BCUT2D eigenvalue weighted by atomic mass is 16.5. The van der Waals surface area contributed by atoms with Crippen LogP contribution in [-0.2, 0) is 20.1 Å². The lowest BCUT2D eigenvalue weighted by molar-refractivity contribution is 0.409. The number of hydrogen-bond donors (Lipinski definition) is 0. The summed E-state index contributed by atoms with van der Waals surface area (Å²) in [6.45, 7) is 5.75. The van der Waals surface area contributed by atoms with Gasteiger partial charge in [0.2, 0.25) is 5.95 Å². The molecule has 0 fully saturated rings. The van der Waals surface area contributed by atoms with Crippen LogP contribution in [0.2, 0.25) is 0 Å². The van der Waals surface area contributed by atoms with Crippen LogP contribution >= 0.6 is 0 Å². The molecule has 2 aromatic heterocycles. The number of anilines is 2. The average Bonchev–Trinajstić information content (AvgIpc) is 3.20. The molecule has 33 heavy (non-hydrogen) atoms. The first-order valence-electron chi connectivity index (χ1n) is 11.0. The Morgan fingerprint density at radius 3 is 2.52 bits per heavy atom. The molecule has 170 valence electrons. The molecule has 1 aliphatic rings. The van der Waals surface area contributed by atoms with Crippen LogP contribution < -0.4 is 20.9 Å². The third kappa shape index (κ3) is 3.42. The van der Waals surface area contributed by atoms with Crippen molar-refractivity contribution in [3.8, 4) is 5.75 Å². The summed E-state index contributed by atoms with van der Waals surface area (Å²) in [7, 11) is 3.31. The van der Waals surface area contributed by atoms with Crippen molar-refractivity contribution in [1.82, 2.24) is 18.7 Å². The molecule has 1 atom stereocenters. The number of fused-ring (bicyclic) bond motifs is 3. The molecule has 0 N–H and O–H groups in total. The first-order chi connectivity index (χ1) is 15.9. The highest BCUT2D eigenvalue weighted by Crippen LogP contribution is 2.37. The van der Waals surface area contributed by atoms with E-state index >= 15 is 0 Å². The third-order valence-electron chi connectivity index (χ3n) is 6.28. The first kappa shape index (κ1) is 21.1. The predicted octanol–water partition coefficient (Wildman–Crippen LogP) is 3.05. The van der Waals surface area contributed by atoms with Crippen LogP contribution in [0, 0.1) is 12.8 Å². The van der Waals surface area contributed by atoms with E-state index in [9.17, 15) is 9.59 Å². The maximum Gasteiger partial charge on any atom is 0.332 e. The second-order valence-corrected chi connectivity index (χ2v) is 8.80. The van der Waals surface area contributed by atoms with Crippen LogP contribution in [0.5, 0.6) is 5.75 Å². The molecule has 0 radical (unpaired) electrons. The Balaban J connectivity index is 1.72. The fourth-order valence-corrected chi connectivity index (χ4v) is 4.58. The molecular weight excluding hydrogens is 418 g/mol. The topological polar surface area (TPSA) is 74.3 Å². The Morgan fingerprint density at radius 2 is 1.79 bits per heavy atom. The lowest BCUT2D eigenvalue weighted by Gasteiger charge is -2.33. The maximum absolute atomic E-state index is 13.6. The number of imidazole rings is 1. The smallest absolute Gasteiger partial charge is 0.332 e. The van der Waals surface area contributed by atoms with Crippen LogP contribution in [0.3, 0.4) is 0 Å². The molecule has 3 heterocycles. The minimum Gasteiger partial charge on any atom is -0.495 e. The van der Waals surface area contributed by atoms with Crippen LogP contribution in [0.4, 0.5) is 11.6 Å². The van der Waals surface area contributed by atoms with Gasteiger partial charge in [-0.3, -0.25) is 13.9 Å². The van der Waals surface area contributed by atoms with Gasteiger partial charge in [0, 0.05) is 20.1 Å². The van der Waals surface area contributed by atoms with Gasteiger partial charge in [0.25, 0.3) is 5.56 Å². The quantitative estimate of drug-likeness (QED) is 0.483. The predicted molar refractivity (Wildman–Crippen MR) is 129 cm³/mol. The fourth-order valence-electron chi connectivity index (χ4n) is 4.58. The molecule has 0 saturated heterocycles. The summed E-state index contributed by atoms with van der Waals surface area (Å²) >= 11 is 0. The number of ether oxygens (including phenoxy) is 1. The van der Waals surface area contributed by atoms with Gasteiger partial charge in [-0.05, 0) is 30.5 Å². The Bertz CT molecular complexity index is 1460. The second-order valence-electron chi connectivity index (χ2n) is 8.80. The Labute approximate surface area is 191 Å². The van der Waals surface area contributed by atoms with E-state index in [-0.39, 0.29) is 23.7 Å². The zero-order valence-corrected chi connectivity index (χ0v) is 19.3. The van der Waals surface area contributed by atoms with Crippen molar-refractivity contribution in [2.24, 2.45) is 13.0 Å². The molecule has 0 bridgehead atoms. The van der Waals surface area contributed by atoms with Gasteiger partial charge in [-0.1, -0.05) is 48.9 Å². The van der Waals surface area contributed by atoms with Gasteiger partial charge in [0.15, 0.2) is 11.2 Å². The molecule has 0 aliphatic carbocycles. The summed E-state index contributed by atoms with van der Waals surface area (Å²) < 4.78 is 10.3. The standard InChI is InChI=1S/C25H27N5O3/c1-16-9-11-18(12-10-16)15-30-23(31)21-22(27(3)25(30)32)26-24-28(13-17(2)14-29(21)24)19-7-5-6-8-20(19)33-4/h5-12,17H,13-15H2,1-4H3/t17-/m0/s1. The van der Waals surface area contributed by atoms with Crippen molar-refractivity contribution in [3.63, 3.8) is 0 Å². The monoisotopic (exact) mass is 445 g/mol. The van der Waals surface area contributed by atoms with Crippen molar-refractivity contribution in [1.29, 1.82) is 0 Å². The lowest BCUT2D eigenvalue weighted by atomic mass is 10.1. The molecule has 8 nitrogen and oxygen atoms in total. The summed E-state index contributed by atoms with van der Waals surface area (Å²) in [6, 6.07) is 15.6. The highest BCUT2D eigenvalue weighted by molar-refractivity contribution is 5.78. The van der Waals surface area contributed by atoms with Gasteiger partial charge < -0.3 is 14.2 Å². The summed E-state index contributed by atoms with van der Waals surface area (Å²) in [4.78, 5) is 33.6. The van der Waals surface area contributed by atoms with Crippen LogP contribution in [-0.4, -0.2) is 32.3 Å². The van der Waals surface area contributed by atoms with Crippen molar-refractivity contribution in [2.45, 2.75) is 26.9 Å². The maximum atomic E-state index is 13.6. The number of aryl methyl sites for hydroxylation is 2. The third-order valence-corrected chi connectivity index (χ3v) is 6.28. The van der Waals surface area contributed by atoms with E-state index in [1.165, 1.54) is 9.13 Å². The molecule has 2 aromatic carbocycles. The number of aromatic nitrogens is 4. The zero-order chi connectivity index (χ0) is 23.3. The van der Waals surface area contributed by atoms with Crippen molar-refractivity contribution in [3.05, 3.63) is 80.5 Å². The molecule has 4 aromatic rings. The molecule has 0 saturated carbocycles. The van der Waals surface area contributed by atoms with Gasteiger partial charge in [-0.15, -0.1) is 0 Å². The lowest BCUT2D eigenvalue weighted by Crippen LogP contribution is -2.40. The van der Waals surface area contributed by atoms with Gasteiger partial charge in [-0.25, -0.2) is 4.79 Å². The Morgan fingerprint density at radius 1 is 1.06 bits per heavy atom. The van der Waals surface area contributed by atoms with Gasteiger partial charge in [0.1, 0.15) is 5.75 Å². The number of para-hydroxylation sites is 2. The van der Waals surface area contributed by atoms with Gasteiger partial charge in [-0.2, -0.15) is 4.98 Å². The zero-order valence-electron chi connectivity index (χ0n) is 19.3. The molecule has 0 spiro atoms. The Kier molecular flexibility index (Phi) is 5.08. The van der Waals surface area contributed by atoms with E-state index in [1.807, 2.05) is 60.0 Å². The number of benzene rings is 2. The van der Waals surface area contributed by atoms with Crippen LogP contribution in [0.1, 0.15) is 18.1 Å². The molecule has 1 aliphatic heterocycles. The molecule has 0 unspecified atom stereocenters.